The Labute approximate surface area is 101 Å². The fourth-order valence-electron chi connectivity index (χ4n) is 1.29. The van der Waals surface area contributed by atoms with Gasteiger partial charge in [-0.3, -0.25) is 4.79 Å². The molecule has 0 radical (unpaired) electrons. The molecule has 1 aromatic rings. The molecule has 1 rings (SSSR count). The van der Waals surface area contributed by atoms with Crippen molar-refractivity contribution in [3.63, 3.8) is 0 Å². The van der Waals surface area contributed by atoms with Crippen LogP contribution in [0.3, 0.4) is 0 Å². The number of carbonyl (C=O) groups excluding carboxylic acids is 1. The number of carbonyl (C=O) groups is 1. The van der Waals surface area contributed by atoms with Gasteiger partial charge in [-0.15, -0.1) is 0 Å². The van der Waals surface area contributed by atoms with E-state index in [0.717, 1.165) is 11.1 Å². The normalized spacial score (nSPS) is 10.7. The van der Waals surface area contributed by atoms with Gasteiger partial charge in [0.15, 0.2) is 0 Å². The minimum absolute atomic E-state index is 0.210. The fourth-order valence-corrected chi connectivity index (χ4v) is 1.47. The first kappa shape index (κ1) is 12.8. The van der Waals surface area contributed by atoms with Crippen LogP contribution in [0.25, 0.3) is 6.08 Å². The van der Waals surface area contributed by atoms with Crippen LogP contribution in [0.5, 0.6) is 0 Å². The number of hydrogen-bond donors (Lipinski definition) is 0. The quantitative estimate of drug-likeness (QED) is 0.749. The number of rotatable bonds is 4. The summed E-state index contributed by atoms with van der Waals surface area (Å²) in [6.45, 7) is 4.21. The topological polar surface area (TPSA) is 26.3 Å². The zero-order valence-corrected chi connectivity index (χ0v) is 10.3. The molecule has 0 saturated heterocycles. The van der Waals surface area contributed by atoms with Crippen molar-refractivity contribution in [3.8, 4) is 0 Å². The predicted octanol–water partition coefficient (Wildman–Crippen LogP) is 3.61. The van der Waals surface area contributed by atoms with Gasteiger partial charge in [0.25, 0.3) is 0 Å². The standard InChI is InChI=1S/C13H15ClO2/c1-3-16-13(15)6-4-5-11-9-12(14)8-7-10(11)2/h4-5,7-9H,3,6H2,1-2H3. The molecule has 2 nitrogen and oxygen atoms in total. The van der Waals surface area contributed by atoms with Gasteiger partial charge in [-0.25, -0.2) is 0 Å². The first-order valence-electron chi connectivity index (χ1n) is 5.21. The van der Waals surface area contributed by atoms with Crippen LogP contribution in [0, 0.1) is 6.92 Å². The van der Waals surface area contributed by atoms with Gasteiger partial charge in [-0.05, 0) is 37.1 Å². The summed E-state index contributed by atoms with van der Waals surface area (Å²) >= 11 is 5.88. The SMILES string of the molecule is CCOC(=O)CC=Cc1cc(Cl)ccc1C. The zero-order valence-electron chi connectivity index (χ0n) is 9.50. The Kier molecular flexibility index (Phi) is 5.06. The molecule has 0 saturated carbocycles. The van der Waals surface area contributed by atoms with E-state index in [1.165, 1.54) is 0 Å². The lowest BCUT2D eigenvalue weighted by atomic mass is 10.1. The maximum atomic E-state index is 11.1. The number of aryl methyl sites for hydroxylation is 1. The fraction of sp³-hybridized carbons (Fsp3) is 0.308. The average molecular weight is 239 g/mol. The van der Waals surface area contributed by atoms with Gasteiger partial charge in [0.2, 0.25) is 0 Å². The summed E-state index contributed by atoms with van der Waals surface area (Å²) in [5.41, 5.74) is 2.15. The maximum absolute atomic E-state index is 11.1. The summed E-state index contributed by atoms with van der Waals surface area (Å²) in [6.07, 6.45) is 3.97. The second-order valence-electron chi connectivity index (χ2n) is 3.41. The molecule has 0 aliphatic rings. The van der Waals surface area contributed by atoms with Crippen molar-refractivity contribution in [2.24, 2.45) is 0 Å². The van der Waals surface area contributed by atoms with Crippen molar-refractivity contribution in [1.29, 1.82) is 0 Å². The minimum Gasteiger partial charge on any atom is -0.466 e. The first-order chi connectivity index (χ1) is 7.63. The van der Waals surface area contributed by atoms with E-state index in [2.05, 4.69) is 0 Å². The first-order valence-corrected chi connectivity index (χ1v) is 5.59. The largest absolute Gasteiger partial charge is 0.466 e. The summed E-state index contributed by atoms with van der Waals surface area (Å²) in [6, 6.07) is 5.67. The average Bonchev–Trinajstić information content (AvgIpc) is 2.23. The molecule has 0 aliphatic carbocycles. The summed E-state index contributed by atoms with van der Waals surface area (Å²) in [5.74, 6) is -0.210. The van der Waals surface area contributed by atoms with Gasteiger partial charge < -0.3 is 4.74 Å². The highest BCUT2D eigenvalue weighted by molar-refractivity contribution is 6.30. The smallest absolute Gasteiger partial charge is 0.309 e. The Morgan fingerprint density at radius 2 is 2.25 bits per heavy atom. The van der Waals surface area contributed by atoms with Gasteiger partial charge in [0.05, 0.1) is 13.0 Å². The molecule has 86 valence electrons. The Bertz CT molecular complexity index is 397. The Balaban J connectivity index is 2.62. The molecule has 0 bridgehead atoms. The van der Waals surface area contributed by atoms with Crippen LogP contribution in [-0.2, 0) is 9.53 Å². The molecule has 0 aromatic heterocycles. The molecule has 0 heterocycles. The molecule has 0 atom stereocenters. The Morgan fingerprint density at radius 1 is 1.50 bits per heavy atom. The monoisotopic (exact) mass is 238 g/mol. The molecular formula is C13H15ClO2. The molecule has 0 amide bonds. The van der Waals surface area contributed by atoms with Gasteiger partial charge in [-0.2, -0.15) is 0 Å². The molecule has 0 unspecified atom stereocenters. The lowest BCUT2D eigenvalue weighted by Gasteiger charge is -2.01. The van der Waals surface area contributed by atoms with E-state index in [0.29, 0.717) is 18.1 Å². The zero-order chi connectivity index (χ0) is 12.0. The summed E-state index contributed by atoms with van der Waals surface area (Å²) in [7, 11) is 0. The van der Waals surface area contributed by atoms with Gasteiger partial charge in [0.1, 0.15) is 0 Å². The van der Waals surface area contributed by atoms with Gasteiger partial charge >= 0.3 is 5.97 Å². The molecular weight excluding hydrogens is 224 g/mol. The van der Waals surface area contributed by atoms with Crippen LogP contribution in [0.15, 0.2) is 24.3 Å². The number of ether oxygens (including phenoxy) is 1. The summed E-state index contributed by atoms with van der Waals surface area (Å²) < 4.78 is 4.82. The van der Waals surface area contributed by atoms with E-state index in [1.54, 1.807) is 13.0 Å². The van der Waals surface area contributed by atoms with E-state index in [9.17, 15) is 4.79 Å². The van der Waals surface area contributed by atoms with E-state index >= 15 is 0 Å². The van der Waals surface area contributed by atoms with E-state index in [4.69, 9.17) is 16.3 Å². The highest BCUT2D eigenvalue weighted by atomic mass is 35.5. The van der Waals surface area contributed by atoms with E-state index in [-0.39, 0.29) is 5.97 Å². The molecule has 16 heavy (non-hydrogen) atoms. The van der Waals surface area contributed by atoms with Crippen molar-refractivity contribution in [2.45, 2.75) is 20.3 Å². The lowest BCUT2D eigenvalue weighted by Crippen LogP contribution is -2.01. The van der Waals surface area contributed by atoms with E-state index in [1.807, 2.05) is 31.2 Å². The van der Waals surface area contributed by atoms with Crippen molar-refractivity contribution >= 4 is 23.6 Å². The number of hydrogen-bond acceptors (Lipinski definition) is 2. The van der Waals surface area contributed by atoms with Crippen LogP contribution < -0.4 is 0 Å². The predicted molar refractivity (Wildman–Crippen MR) is 66.5 cm³/mol. The van der Waals surface area contributed by atoms with E-state index < -0.39 is 0 Å². The third kappa shape index (κ3) is 4.07. The van der Waals surface area contributed by atoms with Crippen LogP contribution in [0.1, 0.15) is 24.5 Å². The van der Waals surface area contributed by atoms with Gasteiger partial charge in [-0.1, -0.05) is 29.8 Å². The molecule has 0 aliphatic heterocycles. The molecule has 1 aromatic carbocycles. The Hall–Kier alpha value is -1.28. The molecule has 0 spiro atoms. The van der Waals surface area contributed by atoms with Crippen molar-refractivity contribution < 1.29 is 9.53 Å². The van der Waals surface area contributed by atoms with Crippen LogP contribution in [0.2, 0.25) is 5.02 Å². The third-order valence-electron chi connectivity index (χ3n) is 2.13. The number of halogens is 1. The molecule has 0 fully saturated rings. The second kappa shape index (κ2) is 6.33. The van der Waals surface area contributed by atoms with Crippen molar-refractivity contribution in [3.05, 3.63) is 40.4 Å². The van der Waals surface area contributed by atoms with Gasteiger partial charge in [0, 0.05) is 5.02 Å². The third-order valence-corrected chi connectivity index (χ3v) is 2.36. The van der Waals surface area contributed by atoms with Crippen LogP contribution >= 0.6 is 11.6 Å². The molecule has 3 heteroatoms. The highest BCUT2D eigenvalue weighted by Gasteiger charge is 1.98. The maximum Gasteiger partial charge on any atom is 0.309 e. The number of esters is 1. The second-order valence-corrected chi connectivity index (χ2v) is 3.85. The lowest BCUT2D eigenvalue weighted by molar-refractivity contribution is -0.142. The molecule has 0 N–H and O–H groups in total. The Morgan fingerprint density at radius 3 is 2.94 bits per heavy atom. The van der Waals surface area contributed by atoms with Crippen molar-refractivity contribution in [1.82, 2.24) is 0 Å². The minimum atomic E-state index is -0.210. The number of benzene rings is 1. The summed E-state index contributed by atoms with van der Waals surface area (Å²) in [5, 5.41) is 0.696. The summed E-state index contributed by atoms with van der Waals surface area (Å²) in [4.78, 5) is 11.1. The van der Waals surface area contributed by atoms with Crippen molar-refractivity contribution in [2.75, 3.05) is 6.61 Å². The highest BCUT2D eigenvalue weighted by Crippen LogP contribution is 2.16. The van der Waals surface area contributed by atoms with Crippen LogP contribution in [0.4, 0.5) is 0 Å². The van der Waals surface area contributed by atoms with Crippen LogP contribution in [-0.4, -0.2) is 12.6 Å².